The minimum absolute atomic E-state index is 0.167. The van der Waals surface area contributed by atoms with Crippen LogP contribution in [-0.2, 0) is 105 Å². The molecule has 568 valence electrons. The maximum atomic E-state index is 10.3. The predicted molar refractivity (Wildman–Crippen MR) is 381 cm³/mol. The van der Waals surface area contributed by atoms with E-state index in [0.717, 1.165) is 123 Å². The van der Waals surface area contributed by atoms with E-state index in [2.05, 4.69) is 67.8 Å². The summed E-state index contributed by atoms with van der Waals surface area (Å²) in [5.74, 6) is 0.243. The number of carbonyl (C=O) groups is 10. The van der Waals surface area contributed by atoms with Gasteiger partial charge in [-0.1, -0.05) is 87.5 Å². The first-order valence-corrected chi connectivity index (χ1v) is 33.5. The summed E-state index contributed by atoms with van der Waals surface area (Å²) in [5.41, 5.74) is 0. The first-order chi connectivity index (χ1) is 43.7. The summed E-state index contributed by atoms with van der Waals surface area (Å²) in [6, 6.07) is 0. The van der Waals surface area contributed by atoms with E-state index in [1.54, 1.807) is 55.9 Å². The van der Waals surface area contributed by atoms with Crippen molar-refractivity contribution in [1.82, 2.24) is 0 Å². The minimum atomic E-state index is -0.262. The van der Waals surface area contributed by atoms with Gasteiger partial charge in [-0.15, -0.1) is 0 Å². The second kappa shape index (κ2) is 139. The van der Waals surface area contributed by atoms with Crippen molar-refractivity contribution in [2.45, 2.75) is 283 Å². The van der Waals surface area contributed by atoms with E-state index >= 15 is 0 Å². The quantitative estimate of drug-likeness (QED) is 0.0335. The summed E-state index contributed by atoms with van der Waals surface area (Å²) in [6.07, 6.45) is 16.1. The van der Waals surface area contributed by atoms with E-state index in [-0.39, 0.29) is 47.2 Å². The number of hydrogen-bond donors (Lipinski definition) is 0. The molecule has 22 nitrogen and oxygen atoms in total. The first kappa shape index (κ1) is 125. The SMILES string of the molecule is CC(C)=O.CCC(C)=O.CCCC(C)=O.CCCCC(C)=O.CCCCCC(C)=O.CCCCOC(C)=O.CCCCOCC.CCCOC(C)=O.CCCOCC.CCOC.CCOC(C)=O.CCOCC.CCOCCOC.COC(C)=O.COCCOC(C)=O. The summed E-state index contributed by atoms with van der Waals surface area (Å²) < 4.78 is 55.9. The lowest BCUT2D eigenvalue weighted by molar-refractivity contribution is -0.142. The summed E-state index contributed by atoms with van der Waals surface area (Å²) >= 11 is 0. The number of rotatable bonds is 33. The molecule has 0 heterocycles. The fraction of sp³-hybridized carbons (Fsp3) is 0.859. The molecule has 0 saturated carbocycles. The number of ether oxygens (including phenoxy) is 12. The van der Waals surface area contributed by atoms with Crippen LogP contribution in [0.5, 0.6) is 0 Å². The molecule has 0 aromatic heterocycles. The molecule has 0 aromatic rings. The molecule has 0 radical (unpaired) electrons. The van der Waals surface area contributed by atoms with Crippen molar-refractivity contribution in [3.05, 3.63) is 0 Å². The molecular weight excluding hydrogens is 1200 g/mol. The summed E-state index contributed by atoms with van der Waals surface area (Å²) in [5, 5.41) is 0. The smallest absolute Gasteiger partial charge is 0.302 e. The maximum absolute atomic E-state index is 10.3. The summed E-state index contributed by atoms with van der Waals surface area (Å²) in [7, 11) is 6.25. The van der Waals surface area contributed by atoms with Crippen LogP contribution in [0.3, 0.4) is 0 Å². The van der Waals surface area contributed by atoms with Gasteiger partial charge in [-0.2, -0.15) is 0 Å². The zero-order chi connectivity index (χ0) is 76.2. The molecular formula is C71H152O22. The third-order valence-corrected chi connectivity index (χ3v) is 8.39. The Kier molecular flexibility index (Phi) is 188. The molecule has 22 heteroatoms. The van der Waals surface area contributed by atoms with Gasteiger partial charge in [0.2, 0.25) is 0 Å². The van der Waals surface area contributed by atoms with Crippen LogP contribution in [0.15, 0.2) is 0 Å². The molecule has 0 aliphatic heterocycles. The molecule has 0 spiro atoms. The lowest BCUT2D eigenvalue weighted by atomic mass is 10.2. The number of ketones is 5. The third kappa shape index (κ3) is 354. The van der Waals surface area contributed by atoms with Crippen molar-refractivity contribution in [2.75, 3.05) is 128 Å². The van der Waals surface area contributed by atoms with Crippen LogP contribution < -0.4 is 0 Å². The van der Waals surface area contributed by atoms with Crippen molar-refractivity contribution in [3.63, 3.8) is 0 Å². The van der Waals surface area contributed by atoms with Gasteiger partial charge < -0.3 is 80.8 Å². The van der Waals surface area contributed by atoms with Crippen molar-refractivity contribution < 1.29 is 105 Å². The van der Waals surface area contributed by atoms with E-state index < -0.39 is 0 Å². The highest BCUT2D eigenvalue weighted by Gasteiger charge is 1.92. The Morgan fingerprint density at radius 1 is 0.237 bits per heavy atom. The molecule has 0 atom stereocenters. The number of hydrogen-bond acceptors (Lipinski definition) is 22. The second-order valence-corrected chi connectivity index (χ2v) is 18.7. The molecule has 0 fully saturated rings. The third-order valence-electron chi connectivity index (χ3n) is 8.39. The van der Waals surface area contributed by atoms with Crippen LogP contribution in [-0.4, -0.2) is 186 Å². The van der Waals surface area contributed by atoms with E-state index in [1.165, 1.54) is 81.3 Å². The lowest BCUT2D eigenvalue weighted by Gasteiger charge is -1.97. The Bertz CT molecular complexity index is 1290. The largest absolute Gasteiger partial charge is 0.469 e. The molecule has 0 N–H and O–H groups in total. The fourth-order valence-corrected chi connectivity index (χ4v) is 3.65. The average Bonchev–Trinajstić information content (AvgIpc) is 3.50. The van der Waals surface area contributed by atoms with Crippen LogP contribution in [0.1, 0.15) is 283 Å². The molecule has 93 heavy (non-hydrogen) atoms. The number of Topliss-reactive ketones (excluding diaryl/α,β-unsaturated/α-hetero) is 5. The van der Waals surface area contributed by atoms with Gasteiger partial charge in [-0.3, -0.25) is 24.0 Å². The van der Waals surface area contributed by atoms with Gasteiger partial charge >= 0.3 is 29.8 Å². The zero-order valence-electron chi connectivity index (χ0n) is 65.9. The number of unbranched alkanes of at least 4 members (excludes halogenated alkanes) is 5. The molecule has 0 aliphatic carbocycles. The standard InChI is InChI=1S/C7H14O.C6H12O2.C6H12O.C6H14O.C5H10O3.C5H12O2.C5H10O2.C5H10O.C5H12O.C4H8O2.C4H10O.C4H8O.C3H6O2.C3H8O.C3H6O/c1-3-4-5-6-7(2)8;1-3-4-5-8-6(2)7;1-3-4-5-6(2)7;1-3-5-6-7-4-2;1-5(6)8-4-3-7-2;1-3-7-5-4-6-2;1-3-4-7-5(2)6;1-3-4-5(2)6;1-3-5-6-4-2;1-3-6-4(2)5;1-3-5-4-2;1-3-4(2)5;1-3(4)5-2;1-3-4-2;1-3(2)4/h3-6H2,1-2H3;3-5H2,1-2H3;3-5H2,1-2H3;3-6H2,1-2H3;3-4H2,1-2H3;3-5H2,1-2H3;3-4H2,1-2H3;3-4H2,1-2H3;3-5H2,1-2H3;3H2,1-2H3;3-4H2,1-2H3;3H2,1-2H3;1-2H3;3H2,1-2H3;1-2H3. The highest BCUT2D eigenvalue weighted by atomic mass is 16.6. The normalized spacial score (nSPS) is 8.45. The Morgan fingerprint density at radius 2 is 0.538 bits per heavy atom. The molecule has 0 amide bonds. The van der Waals surface area contributed by atoms with E-state index in [1.807, 2.05) is 62.3 Å². The van der Waals surface area contributed by atoms with Gasteiger partial charge in [0.05, 0.1) is 46.8 Å². The lowest BCUT2D eigenvalue weighted by Crippen LogP contribution is -2.05. The van der Waals surface area contributed by atoms with Gasteiger partial charge in [-0.25, -0.2) is 0 Å². The highest BCUT2D eigenvalue weighted by molar-refractivity contribution is 5.76. The molecule has 0 aliphatic rings. The van der Waals surface area contributed by atoms with Crippen molar-refractivity contribution in [3.8, 4) is 0 Å². The second-order valence-electron chi connectivity index (χ2n) is 18.7. The van der Waals surface area contributed by atoms with E-state index in [9.17, 15) is 47.9 Å². The molecule has 0 aromatic carbocycles. The average molecular weight is 1360 g/mol. The minimum Gasteiger partial charge on any atom is -0.469 e. The van der Waals surface area contributed by atoms with Gasteiger partial charge in [0, 0.05) is 134 Å². The number of methoxy groups -OCH3 is 4. The van der Waals surface area contributed by atoms with Crippen molar-refractivity contribution in [2.24, 2.45) is 0 Å². The molecule has 0 bridgehead atoms. The Labute approximate surface area is 571 Å². The summed E-state index contributed by atoms with van der Waals surface area (Å²) in [4.78, 5) is 99.4. The van der Waals surface area contributed by atoms with Gasteiger partial charge in [0.15, 0.2) is 0 Å². The predicted octanol–water partition coefficient (Wildman–Crippen LogP) is 15.8. The highest BCUT2D eigenvalue weighted by Crippen LogP contribution is 1.98. The van der Waals surface area contributed by atoms with Crippen molar-refractivity contribution >= 4 is 58.8 Å². The van der Waals surface area contributed by atoms with Crippen molar-refractivity contribution in [1.29, 1.82) is 0 Å². The topological polar surface area (TPSA) is 281 Å². The van der Waals surface area contributed by atoms with E-state index in [0.29, 0.717) is 64.2 Å². The monoisotopic (exact) mass is 1360 g/mol. The van der Waals surface area contributed by atoms with Gasteiger partial charge in [-0.05, 0) is 135 Å². The molecule has 0 saturated heterocycles. The Hall–Kier alpha value is -4.58. The fourth-order valence-electron chi connectivity index (χ4n) is 3.65. The molecule has 0 unspecified atom stereocenters. The van der Waals surface area contributed by atoms with E-state index in [4.69, 9.17) is 23.7 Å². The van der Waals surface area contributed by atoms with Gasteiger partial charge in [0.1, 0.15) is 35.5 Å². The van der Waals surface area contributed by atoms with Crippen LogP contribution in [0.25, 0.3) is 0 Å². The summed E-state index contributed by atoms with van der Waals surface area (Å²) in [6.45, 7) is 57.3. The van der Waals surface area contributed by atoms with Crippen LogP contribution in [0, 0.1) is 0 Å². The zero-order valence-corrected chi connectivity index (χ0v) is 65.9. The van der Waals surface area contributed by atoms with Gasteiger partial charge in [0.25, 0.3) is 0 Å². The number of carbonyl (C=O) groups excluding carboxylic acids is 10. The number of esters is 5. The maximum Gasteiger partial charge on any atom is 0.302 e. The first-order valence-electron chi connectivity index (χ1n) is 33.5. The Balaban J connectivity index is -0.0000000541. The molecule has 0 rings (SSSR count). The van der Waals surface area contributed by atoms with Crippen LogP contribution in [0.4, 0.5) is 0 Å². The van der Waals surface area contributed by atoms with Crippen LogP contribution in [0.2, 0.25) is 0 Å². The van der Waals surface area contributed by atoms with Crippen LogP contribution >= 0.6 is 0 Å². The Morgan fingerprint density at radius 3 is 0.731 bits per heavy atom.